The van der Waals surface area contributed by atoms with E-state index >= 15 is 0 Å². The molecule has 6 nitrogen and oxygen atoms in total. The van der Waals surface area contributed by atoms with Crippen LogP contribution in [0.2, 0.25) is 0 Å². The van der Waals surface area contributed by atoms with Gasteiger partial charge in [-0.25, -0.2) is 14.2 Å². The lowest BCUT2D eigenvalue weighted by molar-refractivity contribution is -0.105. The van der Waals surface area contributed by atoms with E-state index < -0.39 is 6.29 Å². The van der Waals surface area contributed by atoms with Crippen LogP contribution in [0, 0.1) is 6.92 Å². The third-order valence-corrected chi connectivity index (χ3v) is 5.71. The van der Waals surface area contributed by atoms with Crippen molar-refractivity contribution in [2.45, 2.75) is 19.8 Å². The van der Waals surface area contributed by atoms with E-state index in [4.69, 9.17) is 14.5 Å². The number of methoxy groups -OCH3 is 2. The highest BCUT2D eigenvalue weighted by Gasteiger charge is 2.19. The molecule has 0 bridgehead atoms. The summed E-state index contributed by atoms with van der Waals surface area (Å²) < 4.78 is 14.4. The molecule has 156 valence electrons. The first-order valence-electron chi connectivity index (χ1n) is 10.2. The molecule has 0 radical (unpaired) electrons. The molecule has 0 N–H and O–H groups in total. The van der Waals surface area contributed by atoms with E-state index in [2.05, 4.69) is 0 Å². The highest BCUT2D eigenvalue weighted by atomic mass is 16.7. The smallest absolute Gasteiger partial charge is 0.335 e. The summed E-state index contributed by atoms with van der Waals surface area (Å²) in [6, 6.07) is 21.9. The van der Waals surface area contributed by atoms with Gasteiger partial charge >= 0.3 is 5.69 Å². The number of imidazole rings is 1. The zero-order chi connectivity index (χ0) is 21.5. The molecule has 0 spiro atoms. The van der Waals surface area contributed by atoms with Crippen LogP contribution in [-0.2, 0) is 16.0 Å². The van der Waals surface area contributed by atoms with E-state index in [-0.39, 0.29) is 5.69 Å². The van der Waals surface area contributed by atoms with Crippen molar-refractivity contribution in [3.05, 3.63) is 93.9 Å². The van der Waals surface area contributed by atoms with Gasteiger partial charge in [0, 0.05) is 25.2 Å². The largest absolute Gasteiger partial charge is 0.352 e. The zero-order valence-electron chi connectivity index (χ0n) is 17.7. The van der Waals surface area contributed by atoms with Crippen molar-refractivity contribution in [2.75, 3.05) is 14.2 Å². The number of hydrogen-bond donors (Lipinski definition) is 0. The van der Waals surface area contributed by atoms with E-state index in [1.54, 1.807) is 18.6 Å². The fourth-order valence-electron chi connectivity index (χ4n) is 4.29. The van der Waals surface area contributed by atoms with Crippen LogP contribution in [0.25, 0.3) is 27.6 Å². The quantitative estimate of drug-likeness (QED) is 0.400. The fourth-order valence-corrected chi connectivity index (χ4v) is 4.29. The van der Waals surface area contributed by atoms with Gasteiger partial charge in [0.1, 0.15) is 0 Å². The summed E-state index contributed by atoms with van der Waals surface area (Å²) in [6.07, 6.45) is -0.513. The Kier molecular flexibility index (Phi) is 4.81. The van der Waals surface area contributed by atoms with Gasteiger partial charge in [-0.3, -0.25) is 4.57 Å². The molecule has 0 fully saturated rings. The summed E-state index contributed by atoms with van der Waals surface area (Å²) in [5.41, 5.74) is 5.83. The molecule has 0 aliphatic heterocycles. The Morgan fingerprint density at radius 2 is 1.65 bits per heavy atom. The average molecular weight is 413 g/mol. The third-order valence-electron chi connectivity index (χ3n) is 5.71. The van der Waals surface area contributed by atoms with Gasteiger partial charge in [0.2, 0.25) is 0 Å². The minimum Gasteiger partial charge on any atom is -0.352 e. The second-order valence-corrected chi connectivity index (χ2v) is 7.65. The van der Waals surface area contributed by atoms with E-state index in [9.17, 15) is 4.79 Å². The van der Waals surface area contributed by atoms with Crippen LogP contribution >= 0.6 is 0 Å². The van der Waals surface area contributed by atoms with Gasteiger partial charge in [0.15, 0.2) is 11.9 Å². The van der Waals surface area contributed by atoms with Gasteiger partial charge < -0.3 is 9.47 Å². The summed E-state index contributed by atoms with van der Waals surface area (Å²) >= 11 is 0. The van der Waals surface area contributed by atoms with Crippen molar-refractivity contribution in [3.63, 3.8) is 0 Å². The molecule has 0 saturated carbocycles. The molecule has 0 atom stereocenters. The van der Waals surface area contributed by atoms with Crippen LogP contribution in [-0.4, -0.2) is 28.2 Å². The molecule has 3 aromatic carbocycles. The van der Waals surface area contributed by atoms with Crippen LogP contribution in [0.1, 0.15) is 23.0 Å². The third kappa shape index (κ3) is 3.12. The number of ether oxygens (including phenoxy) is 2. The lowest BCUT2D eigenvalue weighted by Gasteiger charge is -2.15. The molecule has 0 aliphatic rings. The lowest BCUT2D eigenvalue weighted by Crippen LogP contribution is -2.27. The summed E-state index contributed by atoms with van der Waals surface area (Å²) in [7, 11) is 3.20. The summed E-state index contributed by atoms with van der Waals surface area (Å²) in [6.45, 7) is 2.47. The molecule has 5 rings (SSSR count). The van der Waals surface area contributed by atoms with Gasteiger partial charge in [-0.05, 0) is 42.3 Å². The molecular weight excluding hydrogens is 390 g/mol. The van der Waals surface area contributed by atoms with Crippen molar-refractivity contribution in [2.24, 2.45) is 0 Å². The number of benzene rings is 3. The van der Waals surface area contributed by atoms with Gasteiger partial charge in [-0.1, -0.05) is 42.5 Å². The van der Waals surface area contributed by atoms with E-state index in [1.165, 1.54) is 0 Å². The molecule has 2 heterocycles. The minimum absolute atomic E-state index is 0.122. The Labute approximate surface area is 179 Å². The van der Waals surface area contributed by atoms with Gasteiger partial charge in [-0.2, -0.15) is 0 Å². The van der Waals surface area contributed by atoms with E-state index in [1.807, 2.05) is 78.2 Å². The van der Waals surface area contributed by atoms with Crippen molar-refractivity contribution in [1.82, 2.24) is 14.0 Å². The zero-order valence-corrected chi connectivity index (χ0v) is 17.7. The predicted molar refractivity (Wildman–Crippen MR) is 122 cm³/mol. The monoisotopic (exact) mass is 413 g/mol. The molecule has 0 saturated heterocycles. The Balaban J connectivity index is 1.88. The molecular formula is C25H23N3O3. The van der Waals surface area contributed by atoms with Crippen molar-refractivity contribution in [3.8, 4) is 0 Å². The van der Waals surface area contributed by atoms with Crippen LogP contribution in [0.3, 0.4) is 0 Å². The van der Waals surface area contributed by atoms with Gasteiger partial charge in [0.25, 0.3) is 0 Å². The van der Waals surface area contributed by atoms with E-state index in [0.29, 0.717) is 12.2 Å². The van der Waals surface area contributed by atoms with Crippen LogP contribution < -0.4 is 5.69 Å². The Morgan fingerprint density at radius 1 is 0.935 bits per heavy atom. The highest BCUT2D eigenvalue weighted by molar-refractivity contribution is 5.97. The SMILES string of the molecule is COC(OC)c1cc(C)c2nc3c4ccccc4n(Cc4ccccc4)c(=O)n3c2c1. The number of hydrogen-bond acceptors (Lipinski definition) is 4. The van der Waals surface area contributed by atoms with Crippen molar-refractivity contribution < 1.29 is 9.47 Å². The Hall–Kier alpha value is -3.48. The van der Waals surface area contributed by atoms with Crippen LogP contribution in [0.15, 0.2) is 71.5 Å². The van der Waals surface area contributed by atoms with Crippen LogP contribution in [0.4, 0.5) is 0 Å². The van der Waals surface area contributed by atoms with Crippen molar-refractivity contribution in [1.29, 1.82) is 0 Å². The first-order valence-corrected chi connectivity index (χ1v) is 10.2. The second-order valence-electron chi connectivity index (χ2n) is 7.65. The maximum Gasteiger partial charge on any atom is 0.335 e. The topological polar surface area (TPSA) is 57.8 Å². The maximum atomic E-state index is 13.8. The number of para-hydroxylation sites is 1. The molecule has 0 aliphatic carbocycles. The summed E-state index contributed by atoms with van der Waals surface area (Å²) in [5.74, 6) is 0. The highest BCUT2D eigenvalue weighted by Crippen LogP contribution is 2.28. The number of rotatable bonds is 5. The first kappa shape index (κ1) is 19.5. The van der Waals surface area contributed by atoms with Gasteiger partial charge in [0.05, 0.1) is 23.1 Å². The number of fused-ring (bicyclic) bond motifs is 5. The van der Waals surface area contributed by atoms with Crippen molar-refractivity contribution >= 4 is 27.6 Å². The Bertz CT molecular complexity index is 1460. The standard InChI is InChI=1S/C25H23N3O3/c1-16-13-18(24(30-2)31-3)14-21-22(16)26-23-19-11-7-8-12-20(19)27(25(29)28(21)23)15-17-9-5-4-6-10-17/h4-14,24H,15H2,1-3H3. The second kappa shape index (κ2) is 7.65. The first-order chi connectivity index (χ1) is 15.1. The number of nitrogens with zero attached hydrogens (tertiary/aromatic N) is 3. The predicted octanol–water partition coefficient (Wildman–Crippen LogP) is 4.45. The molecule has 0 unspecified atom stereocenters. The minimum atomic E-state index is -0.513. The average Bonchev–Trinajstić information content (AvgIpc) is 3.19. The molecule has 0 amide bonds. The number of aromatic nitrogens is 3. The lowest BCUT2D eigenvalue weighted by atomic mass is 10.1. The molecule has 31 heavy (non-hydrogen) atoms. The molecule has 2 aromatic heterocycles. The normalized spacial score (nSPS) is 11.9. The van der Waals surface area contributed by atoms with Crippen LogP contribution in [0.5, 0.6) is 0 Å². The molecule has 6 heteroatoms. The number of aryl methyl sites for hydroxylation is 1. The summed E-state index contributed by atoms with van der Waals surface area (Å²) in [4.78, 5) is 18.6. The summed E-state index contributed by atoms with van der Waals surface area (Å²) in [5, 5.41) is 0.935. The van der Waals surface area contributed by atoms with E-state index in [0.717, 1.165) is 38.6 Å². The Morgan fingerprint density at radius 3 is 2.39 bits per heavy atom. The van der Waals surface area contributed by atoms with Gasteiger partial charge in [-0.15, -0.1) is 0 Å². The fraction of sp³-hybridized carbons (Fsp3) is 0.200. The maximum absolute atomic E-state index is 13.8. The molecule has 5 aromatic rings.